The van der Waals surface area contributed by atoms with Crippen molar-refractivity contribution in [1.82, 2.24) is 0 Å². The number of rotatable bonds is 2. The van der Waals surface area contributed by atoms with Crippen molar-refractivity contribution in [1.29, 1.82) is 0 Å². The third kappa shape index (κ3) is 5.90. The van der Waals surface area contributed by atoms with E-state index in [9.17, 15) is 0 Å². The molecule has 0 aliphatic heterocycles. The third-order valence-electron chi connectivity index (χ3n) is 1.54. The summed E-state index contributed by atoms with van der Waals surface area (Å²) >= 11 is 0. The van der Waals surface area contributed by atoms with Gasteiger partial charge in [0.15, 0.2) is 0 Å². The summed E-state index contributed by atoms with van der Waals surface area (Å²) in [5.41, 5.74) is 0.410. The number of allylic oxidation sites excluding steroid dienone is 3. The standard InChI is InChI=1S/C11H20/c1-7-11(5,6)9-8-10(2,3)4/h7-9H,1H2,2-6H3/b9-8-. The highest BCUT2D eigenvalue weighted by molar-refractivity contribution is 5.07. The molecule has 0 amide bonds. The molecule has 0 bridgehead atoms. The molecule has 0 spiro atoms. The summed E-state index contributed by atoms with van der Waals surface area (Å²) in [6.07, 6.45) is 6.41. The van der Waals surface area contributed by atoms with Crippen LogP contribution in [0.4, 0.5) is 0 Å². The second kappa shape index (κ2) is 3.25. The van der Waals surface area contributed by atoms with Crippen molar-refractivity contribution in [3.63, 3.8) is 0 Å². The maximum Gasteiger partial charge on any atom is 0.000193 e. The van der Waals surface area contributed by atoms with Crippen LogP contribution in [0, 0.1) is 10.8 Å². The highest BCUT2D eigenvalue weighted by Gasteiger charge is 2.10. The lowest BCUT2D eigenvalue weighted by molar-refractivity contribution is 0.526. The van der Waals surface area contributed by atoms with Crippen LogP contribution < -0.4 is 0 Å². The van der Waals surface area contributed by atoms with E-state index in [0.717, 1.165) is 0 Å². The zero-order valence-corrected chi connectivity index (χ0v) is 8.44. The van der Waals surface area contributed by atoms with E-state index in [0.29, 0.717) is 0 Å². The first kappa shape index (κ1) is 10.5. The fourth-order valence-electron chi connectivity index (χ4n) is 0.533. The van der Waals surface area contributed by atoms with Gasteiger partial charge in [-0.25, -0.2) is 0 Å². The molecule has 0 heteroatoms. The summed E-state index contributed by atoms with van der Waals surface area (Å²) in [7, 11) is 0. The van der Waals surface area contributed by atoms with E-state index >= 15 is 0 Å². The Hall–Kier alpha value is -0.520. The molecular weight excluding hydrogens is 132 g/mol. The quantitative estimate of drug-likeness (QED) is 0.528. The number of hydrogen-bond acceptors (Lipinski definition) is 0. The third-order valence-corrected chi connectivity index (χ3v) is 1.54. The average molecular weight is 152 g/mol. The summed E-state index contributed by atoms with van der Waals surface area (Å²) in [6, 6.07) is 0. The van der Waals surface area contributed by atoms with Crippen molar-refractivity contribution in [2.24, 2.45) is 10.8 Å². The van der Waals surface area contributed by atoms with Gasteiger partial charge in [0, 0.05) is 5.41 Å². The van der Waals surface area contributed by atoms with E-state index in [1.54, 1.807) is 0 Å². The molecule has 0 aromatic heterocycles. The van der Waals surface area contributed by atoms with Gasteiger partial charge >= 0.3 is 0 Å². The van der Waals surface area contributed by atoms with Gasteiger partial charge in [-0.3, -0.25) is 0 Å². The Labute approximate surface area is 71.0 Å². The van der Waals surface area contributed by atoms with Gasteiger partial charge in [0.1, 0.15) is 0 Å². The molecule has 0 saturated carbocycles. The maximum absolute atomic E-state index is 3.78. The highest BCUT2D eigenvalue weighted by Crippen LogP contribution is 2.23. The Bertz CT molecular complexity index is 153. The van der Waals surface area contributed by atoms with E-state index in [1.165, 1.54) is 0 Å². The zero-order chi connectivity index (χ0) is 9.12. The SMILES string of the molecule is C=CC(C)(C)/C=C\C(C)(C)C. The average Bonchev–Trinajstić information content (AvgIpc) is 1.83. The Morgan fingerprint density at radius 2 is 1.36 bits per heavy atom. The van der Waals surface area contributed by atoms with Crippen LogP contribution in [0.5, 0.6) is 0 Å². The van der Waals surface area contributed by atoms with Crippen LogP contribution in [-0.2, 0) is 0 Å². The normalized spacial score (nSPS) is 13.9. The smallest absolute Gasteiger partial charge is 0.000193 e. The minimum Gasteiger partial charge on any atom is -0.102 e. The first-order valence-electron chi connectivity index (χ1n) is 4.11. The first-order chi connectivity index (χ1) is 4.77. The van der Waals surface area contributed by atoms with Crippen LogP contribution in [0.3, 0.4) is 0 Å². The Kier molecular flexibility index (Phi) is 3.10. The molecule has 0 heterocycles. The molecule has 0 aliphatic carbocycles. The molecule has 0 radical (unpaired) electrons. The van der Waals surface area contributed by atoms with Gasteiger partial charge in [-0.1, -0.05) is 52.8 Å². The molecule has 0 aromatic rings. The van der Waals surface area contributed by atoms with Crippen molar-refractivity contribution >= 4 is 0 Å². The van der Waals surface area contributed by atoms with Crippen LogP contribution in [0.25, 0.3) is 0 Å². The molecule has 0 fully saturated rings. The van der Waals surface area contributed by atoms with Crippen molar-refractivity contribution in [3.05, 3.63) is 24.8 Å². The monoisotopic (exact) mass is 152 g/mol. The Morgan fingerprint density at radius 3 is 1.64 bits per heavy atom. The van der Waals surface area contributed by atoms with Crippen LogP contribution >= 0.6 is 0 Å². The van der Waals surface area contributed by atoms with Crippen LogP contribution in [0.1, 0.15) is 34.6 Å². The second-order valence-corrected chi connectivity index (χ2v) is 4.72. The van der Waals surface area contributed by atoms with E-state index in [4.69, 9.17) is 0 Å². The zero-order valence-electron chi connectivity index (χ0n) is 8.44. The molecule has 0 saturated heterocycles. The van der Waals surface area contributed by atoms with Crippen LogP contribution in [-0.4, -0.2) is 0 Å². The van der Waals surface area contributed by atoms with Gasteiger partial charge in [-0.2, -0.15) is 0 Å². The van der Waals surface area contributed by atoms with Crippen molar-refractivity contribution in [2.75, 3.05) is 0 Å². The fraction of sp³-hybridized carbons (Fsp3) is 0.636. The molecule has 0 atom stereocenters. The second-order valence-electron chi connectivity index (χ2n) is 4.72. The van der Waals surface area contributed by atoms with E-state index in [2.05, 4.69) is 53.3 Å². The molecule has 0 nitrogen and oxygen atoms in total. The molecule has 0 aliphatic rings. The maximum atomic E-state index is 3.78. The topological polar surface area (TPSA) is 0 Å². The van der Waals surface area contributed by atoms with Gasteiger partial charge in [0.2, 0.25) is 0 Å². The predicted molar refractivity (Wildman–Crippen MR) is 52.6 cm³/mol. The summed E-state index contributed by atoms with van der Waals surface area (Å²) in [5, 5.41) is 0. The summed E-state index contributed by atoms with van der Waals surface area (Å²) in [6.45, 7) is 14.7. The van der Waals surface area contributed by atoms with E-state index in [1.807, 2.05) is 6.08 Å². The van der Waals surface area contributed by atoms with Crippen molar-refractivity contribution in [3.8, 4) is 0 Å². The van der Waals surface area contributed by atoms with E-state index < -0.39 is 0 Å². The lowest BCUT2D eigenvalue weighted by Crippen LogP contribution is -2.05. The highest BCUT2D eigenvalue weighted by atomic mass is 14.2. The predicted octanol–water partition coefficient (Wildman–Crippen LogP) is 3.80. The minimum absolute atomic E-state index is 0.132. The fourth-order valence-corrected chi connectivity index (χ4v) is 0.533. The van der Waals surface area contributed by atoms with Gasteiger partial charge in [0.05, 0.1) is 0 Å². The summed E-state index contributed by atoms with van der Waals surface area (Å²) in [5.74, 6) is 0. The van der Waals surface area contributed by atoms with Crippen molar-refractivity contribution < 1.29 is 0 Å². The first-order valence-corrected chi connectivity index (χ1v) is 4.11. The molecule has 0 rings (SSSR count). The lowest BCUT2D eigenvalue weighted by atomic mass is 9.88. The van der Waals surface area contributed by atoms with Gasteiger partial charge in [0.25, 0.3) is 0 Å². The van der Waals surface area contributed by atoms with Gasteiger partial charge < -0.3 is 0 Å². The van der Waals surface area contributed by atoms with Gasteiger partial charge in [-0.15, -0.1) is 6.58 Å². The molecular formula is C11H20. The Morgan fingerprint density at radius 1 is 0.909 bits per heavy atom. The number of hydrogen-bond donors (Lipinski definition) is 0. The molecule has 0 aromatic carbocycles. The summed E-state index contributed by atoms with van der Waals surface area (Å²) in [4.78, 5) is 0. The largest absolute Gasteiger partial charge is 0.102 e. The Balaban J connectivity index is 4.24. The summed E-state index contributed by atoms with van der Waals surface area (Å²) < 4.78 is 0. The van der Waals surface area contributed by atoms with E-state index in [-0.39, 0.29) is 10.8 Å². The van der Waals surface area contributed by atoms with Crippen molar-refractivity contribution in [2.45, 2.75) is 34.6 Å². The van der Waals surface area contributed by atoms with Crippen LogP contribution in [0.2, 0.25) is 0 Å². The van der Waals surface area contributed by atoms with Crippen LogP contribution in [0.15, 0.2) is 24.8 Å². The molecule has 64 valence electrons. The molecule has 11 heavy (non-hydrogen) atoms. The molecule has 0 N–H and O–H groups in total. The lowest BCUT2D eigenvalue weighted by Gasteiger charge is -2.18. The minimum atomic E-state index is 0.132. The molecule has 0 unspecified atom stereocenters. The van der Waals surface area contributed by atoms with Gasteiger partial charge in [-0.05, 0) is 5.41 Å².